The summed E-state index contributed by atoms with van der Waals surface area (Å²) in [6.07, 6.45) is 7.20. The van der Waals surface area contributed by atoms with Gasteiger partial charge in [-0.15, -0.1) is 5.10 Å². The van der Waals surface area contributed by atoms with Gasteiger partial charge in [-0.25, -0.2) is 9.67 Å². The molecule has 0 aliphatic heterocycles. The van der Waals surface area contributed by atoms with Crippen LogP contribution < -0.4 is 15.3 Å². The van der Waals surface area contributed by atoms with Crippen LogP contribution in [0.1, 0.15) is 24.9 Å². The van der Waals surface area contributed by atoms with Crippen LogP contribution in [0.2, 0.25) is 0 Å². The summed E-state index contributed by atoms with van der Waals surface area (Å²) in [5, 5.41) is 2.90. The molecule has 0 bridgehead atoms. The van der Waals surface area contributed by atoms with Gasteiger partial charge in [0.1, 0.15) is 0 Å². The van der Waals surface area contributed by atoms with Crippen molar-refractivity contribution in [2.24, 2.45) is 7.05 Å². The highest BCUT2D eigenvalue weighted by atomic mass is 32.2. The number of halogens is 3. The minimum absolute atomic E-state index is 0.0863. The second-order valence-corrected chi connectivity index (χ2v) is 8.39. The predicted molar refractivity (Wildman–Crippen MR) is 96.4 cm³/mol. The minimum Gasteiger partial charge on any atom is -0.353 e. The molecule has 0 radical (unpaired) electrons. The summed E-state index contributed by atoms with van der Waals surface area (Å²) in [4.78, 5) is 28.7. The molecule has 14 heteroatoms. The van der Waals surface area contributed by atoms with Crippen LogP contribution in [0, 0.1) is 0 Å². The molecular formula is C16H14F3N5O5S. The maximum atomic E-state index is 12.7. The summed E-state index contributed by atoms with van der Waals surface area (Å²) in [5.41, 5.74) is -7.02. The number of nitrogens with zero attached hydrogens (tertiary/aromatic N) is 5. The molecule has 3 aromatic heterocycles. The van der Waals surface area contributed by atoms with Gasteiger partial charge in [0.25, 0.3) is 17.0 Å². The van der Waals surface area contributed by atoms with Gasteiger partial charge in [-0.2, -0.15) is 21.6 Å². The molecule has 1 aliphatic rings. The summed E-state index contributed by atoms with van der Waals surface area (Å²) < 4.78 is 69.0. The van der Waals surface area contributed by atoms with Crippen molar-refractivity contribution in [1.29, 1.82) is 0 Å². The molecule has 10 nitrogen and oxygen atoms in total. The fourth-order valence-corrected chi connectivity index (χ4v) is 3.74. The molecule has 0 unspecified atom stereocenters. The lowest BCUT2D eigenvalue weighted by atomic mass is 9.86. The molecule has 0 N–H and O–H groups in total. The molecule has 0 amide bonds. The number of hydrogen-bond acceptors (Lipinski definition) is 7. The van der Waals surface area contributed by atoms with E-state index in [1.807, 2.05) is 4.57 Å². The Balaban J connectivity index is 1.78. The second-order valence-electron chi connectivity index (χ2n) is 6.85. The maximum absolute atomic E-state index is 12.7. The normalized spacial score (nSPS) is 19.6. The first-order valence-electron chi connectivity index (χ1n) is 8.59. The van der Waals surface area contributed by atoms with Crippen molar-refractivity contribution in [3.63, 3.8) is 0 Å². The van der Waals surface area contributed by atoms with E-state index < -0.39 is 32.6 Å². The summed E-state index contributed by atoms with van der Waals surface area (Å²) in [6.45, 7) is 0. The van der Waals surface area contributed by atoms with E-state index in [0.717, 1.165) is 19.3 Å². The molecule has 1 fully saturated rings. The van der Waals surface area contributed by atoms with Crippen LogP contribution in [-0.2, 0) is 17.2 Å². The molecule has 0 aromatic carbocycles. The van der Waals surface area contributed by atoms with E-state index in [2.05, 4.69) is 14.3 Å². The zero-order chi connectivity index (χ0) is 21.8. The van der Waals surface area contributed by atoms with E-state index in [-0.39, 0.29) is 22.9 Å². The van der Waals surface area contributed by atoms with Gasteiger partial charge in [0.05, 0.1) is 17.1 Å². The summed E-state index contributed by atoms with van der Waals surface area (Å²) in [5.74, 6) is -0.941. The molecule has 4 rings (SSSR count). The Morgan fingerprint density at radius 2 is 1.87 bits per heavy atom. The number of imidazole rings is 1. The van der Waals surface area contributed by atoms with Crippen LogP contribution in [0.4, 0.5) is 13.2 Å². The summed E-state index contributed by atoms with van der Waals surface area (Å²) in [7, 11) is -4.92. The van der Waals surface area contributed by atoms with Gasteiger partial charge >= 0.3 is 15.6 Å². The number of rotatable bonds is 4. The van der Waals surface area contributed by atoms with Crippen molar-refractivity contribution >= 4 is 20.9 Å². The molecule has 3 heterocycles. The lowest BCUT2D eigenvalue weighted by Gasteiger charge is -2.37. The van der Waals surface area contributed by atoms with Crippen molar-refractivity contribution in [3.05, 3.63) is 51.7 Å². The van der Waals surface area contributed by atoms with Crippen LogP contribution in [-0.4, -0.2) is 37.8 Å². The molecular weight excluding hydrogens is 431 g/mol. The Bertz CT molecular complexity index is 1340. The number of aromatic nitrogens is 5. The first-order chi connectivity index (χ1) is 14.0. The summed E-state index contributed by atoms with van der Waals surface area (Å²) in [6, 6.07) is 0.727. The molecule has 3 aromatic rings. The van der Waals surface area contributed by atoms with Crippen molar-refractivity contribution < 1.29 is 25.8 Å². The van der Waals surface area contributed by atoms with Crippen LogP contribution in [0.5, 0.6) is 5.88 Å². The monoisotopic (exact) mass is 445 g/mol. The highest BCUT2D eigenvalue weighted by molar-refractivity contribution is 7.88. The molecule has 160 valence electrons. The molecule has 30 heavy (non-hydrogen) atoms. The van der Waals surface area contributed by atoms with Gasteiger partial charge in [-0.1, -0.05) is 0 Å². The van der Waals surface area contributed by atoms with Crippen molar-refractivity contribution in [2.45, 2.75) is 30.4 Å². The van der Waals surface area contributed by atoms with E-state index in [1.165, 1.54) is 4.57 Å². The maximum Gasteiger partial charge on any atom is 0.534 e. The van der Waals surface area contributed by atoms with Crippen molar-refractivity contribution in [2.75, 3.05) is 0 Å². The molecule has 0 atom stereocenters. The van der Waals surface area contributed by atoms with Gasteiger partial charge in [0, 0.05) is 43.8 Å². The van der Waals surface area contributed by atoms with E-state index in [0.29, 0.717) is 17.5 Å². The Morgan fingerprint density at radius 3 is 2.47 bits per heavy atom. The largest absolute Gasteiger partial charge is 0.534 e. The smallest absolute Gasteiger partial charge is 0.353 e. The highest BCUT2D eigenvalue weighted by Crippen LogP contribution is 2.41. The Morgan fingerprint density at radius 1 is 1.17 bits per heavy atom. The molecule has 1 saturated carbocycles. The van der Waals surface area contributed by atoms with Crippen LogP contribution in [0.3, 0.4) is 0 Å². The Kier molecular flexibility index (Phi) is 4.48. The van der Waals surface area contributed by atoms with Gasteiger partial charge in [-0.3, -0.25) is 9.59 Å². The highest BCUT2D eigenvalue weighted by Gasteiger charge is 2.49. The lowest BCUT2D eigenvalue weighted by molar-refractivity contribution is -0.0501. The number of hydrogen-bond donors (Lipinski definition) is 0. The molecule has 0 spiro atoms. The average molecular weight is 445 g/mol. The molecule has 1 aliphatic carbocycles. The average Bonchev–Trinajstić information content (AvgIpc) is 3.12. The van der Waals surface area contributed by atoms with E-state index in [4.69, 9.17) is 0 Å². The topological polar surface area (TPSA) is 118 Å². The van der Waals surface area contributed by atoms with Gasteiger partial charge in [-0.05, 0) is 12.8 Å². The number of fused-ring (bicyclic) bond motifs is 1. The first-order valence-corrected chi connectivity index (χ1v) is 10.00. The fourth-order valence-electron chi connectivity index (χ4n) is 3.32. The second kappa shape index (κ2) is 6.68. The summed E-state index contributed by atoms with van der Waals surface area (Å²) >= 11 is 0. The van der Waals surface area contributed by atoms with Gasteiger partial charge in [0.2, 0.25) is 0 Å². The van der Waals surface area contributed by atoms with Crippen molar-refractivity contribution in [3.8, 4) is 5.88 Å². The van der Waals surface area contributed by atoms with E-state index >= 15 is 0 Å². The number of alkyl halides is 3. The van der Waals surface area contributed by atoms with Gasteiger partial charge in [0.15, 0.2) is 0 Å². The minimum atomic E-state index is -6.02. The van der Waals surface area contributed by atoms with Crippen LogP contribution >= 0.6 is 0 Å². The predicted octanol–water partition coefficient (Wildman–Crippen LogP) is 1.10. The van der Waals surface area contributed by atoms with Gasteiger partial charge < -0.3 is 13.3 Å². The van der Waals surface area contributed by atoms with E-state index in [1.54, 1.807) is 18.7 Å². The van der Waals surface area contributed by atoms with Crippen LogP contribution in [0.25, 0.3) is 10.8 Å². The zero-order valence-corrected chi connectivity index (χ0v) is 16.1. The van der Waals surface area contributed by atoms with Crippen LogP contribution in [0.15, 0.2) is 40.6 Å². The number of aryl methyl sites for hydroxylation is 1. The third-order valence-electron chi connectivity index (χ3n) is 4.98. The zero-order valence-electron chi connectivity index (χ0n) is 15.3. The quantitative estimate of drug-likeness (QED) is 0.436. The Hall–Kier alpha value is -3.16. The third-order valence-corrected chi connectivity index (χ3v) is 5.92. The first kappa shape index (κ1) is 20.1. The molecule has 0 saturated heterocycles. The van der Waals surface area contributed by atoms with Crippen molar-refractivity contribution in [1.82, 2.24) is 23.9 Å². The van der Waals surface area contributed by atoms with E-state index in [9.17, 15) is 31.2 Å². The Labute approximate surface area is 166 Å². The third kappa shape index (κ3) is 3.26. The number of pyridine rings is 1. The standard InChI is InChI=1S/C16H14F3N5O5S/c1-22-15(26)11-6-13(25)24(10-4-9(5-10)23-3-2-20-8-23)7-12(11)14(21-22)29-30(27,28)16(17,18)19/h2-3,6-10H,4-5H2,1H3. The lowest BCUT2D eigenvalue weighted by Crippen LogP contribution is -2.35. The fraction of sp³-hybridized carbons (Fsp3) is 0.375. The SMILES string of the molecule is Cn1nc(OS(=O)(=O)C(F)(F)F)c2cn(C3CC(n4ccnc4)C3)c(=O)cc2c1=O.